The number of amides is 1. The number of carbonyl (C=O) groups excluding carboxylic acids is 1. The first-order valence-electron chi connectivity index (χ1n) is 7.85. The molecule has 0 aliphatic carbocycles. The fourth-order valence-corrected chi connectivity index (χ4v) is 4.00. The molecule has 1 amide bonds. The lowest BCUT2D eigenvalue weighted by atomic mass is 10.0. The molecule has 4 rings (SSSR count). The van der Waals surface area contributed by atoms with Crippen molar-refractivity contribution in [1.82, 2.24) is 9.88 Å². The van der Waals surface area contributed by atoms with Crippen LogP contribution in [0.15, 0.2) is 41.2 Å². The number of likely N-dealkylation sites (tertiary alicyclic amines) is 1. The molecule has 3 atom stereocenters. The summed E-state index contributed by atoms with van der Waals surface area (Å²) in [6, 6.07) is 7.54. The van der Waals surface area contributed by atoms with Gasteiger partial charge in [0.2, 0.25) is 5.88 Å². The molecule has 0 saturated carbocycles. The molecule has 0 aromatic carbocycles. The Morgan fingerprint density at radius 3 is 3.13 bits per heavy atom. The number of rotatable bonds is 3. The van der Waals surface area contributed by atoms with Gasteiger partial charge >= 0.3 is 0 Å². The van der Waals surface area contributed by atoms with Crippen LogP contribution in [0.25, 0.3) is 0 Å². The highest BCUT2D eigenvalue weighted by Gasteiger charge is 2.47. The van der Waals surface area contributed by atoms with Crippen molar-refractivity contribution in [3.05, 3.63) is 46.8 Å². The Labute approximate surface area is 138 Å². The highest BCUT2D eigenvalue weighted by molar-refractivity contribution is 7.08. The minimum Gasteiger partial charge on any atom is -0.470 e. The molecule has 120 valence electrons. The van der Waals surface area contributed by atoms with Crippen LogP contribution in [-0.2, 0) is 4.74 Å². The summed E-state index contributed by atoms with van der Waals surface area (Å²) in [5.41, 5.74) is 0.748. The number of thiophene rings is 1. The zero-order valence-corrected chi connectivity index (χ0v) is 13.4. The standard InChI is InChI=1S/C17H18N2O3S/c20-17(12-6-9-23-11-12)19-10-14(16-13(19)4-3-8-21-16)22-15-5-1-2-7-18-15/h1-2,5-7,9,11,13-14,16H,3-4,8,10H2/t13-,14+,16+/m0/s1. The number of fused-ring (bicyclic) bond motifs is 1. The van der Waals surface area contributed by atoms with E-state index in [4.69, 9.17) is 9.47 Å². The minimum atomic E-state index is -0.169. The molecule has 2 aliphatic rings. The smallest absolute Gasteiger partial charge is 0.255 e. The Hall–Kier alpha value is -1.92. The molecular formula is C17H18N2O3S. The molecule has 6 heteroatoms. The molecule has 2 aliphatic heterocycles. The van der Waals surface area contributed by atoms with E-state index in [1.165, 1.54) is 11.3 Å². The number of pyridine rings is 1. The van der Waals surface area contributed by atoms with E-state index in [1.807, 2.05) is 39.9 Å². The van der Waals surface area contributed by atoms with Gasteiger partial charge in [-0.2, -0.15) is 11.3 Å². The van der Waals surface area contributed by atoms with Crippen LogP contribution in [0.4, 0.5) is 0 Å². The number of aromatic nitrogens is 1. The summed E-state index contributed by atoms with van der Waals surface area (Å²) in [7, 11) is 0. The lowest BCUT2D eigenvalue weighted by Crippen LogP contribution is -2.44. The molecule has 2 aromatic rings. The molecule has 0 bridgehead atoms. The largest absolute Gasteiger partial charge is 0.470 e. The van der Waals surface area contributed by atoms with Crippen molar-refractivity contribution in [1.29, 1.82) is 0 Å². The third-order valence-corrected chi connectivity index (χ3v) is 5.10. The van der Waals surface area contributed by atoms with Gasteiger partial charge in [-0.25, -0.2) is 4.98 Å². The molecule has 2 aromatic heterocycles. The number of hydrogen-bond acceptors (Lipinski definition) is 5. The number of carbonyl (C=O) groups is 1. The fourth-order valence-electron chi connectivity index (χ4n) is 3.37. The van der Waals surface area contributed by atoms with Gasteiger partial charge in [-0.05, 0) is 30.4 Å². The summed E-state index contributed by atoms with van der Waals surface area (Å²) in [6.45, 7) is 1.27. The molecule has 2 fully saturated rings. The van der Waals surface area contributed by atoms with Crippen molar-refractivity contribution in [3.8, 4) is 5.88 Å². The van der Waals surface area contributed by atoms with Crippen LogP contribution in [0.5, 0.6) is 5.88 Å². The summed E-state index contributed by atoms with van der Waals surface area (Å²) in [5.74, 6) is 0.647. The van der Waals surface area contributed by atoms with Gasteiger partial charge in [0, 0.05) is 24.3 Å². The fraction of sp³-hybridized carbons (Fsp3) is 0.412. The average Bonchev–Trinajstić information content (AvgIpc) is 3.24. The lowest BCUT2D eigenvalue weighted by Gasteiger charge is -2.31. The zero-order chi connectivity index (χ0) is 15.6. The molecule has 0 N–H and O–H groups in total. The van der Waals surface area contributed by atoms with Gasteiger partial charge in [0.1, 0.15) is 12.2 Å². The number of hydrogen-bond donors (Lipinski definition) is 0. The number of nitrogens with zero attached hydrogens (tertiary/aromatic N) is 2. The monoisotopic (exact) mass is 330 g/mol. The van der Waals surface area contributed by atoms with Crippen LogP contribution in [0, 0.1) is 0 Å². The summed E-state index contributed by atoms with van der Waals surface area (Å²) < 4.78 is 12.0. The molecular weight excluding hydrogens is 312 g/mol. The van der Waals surface area contributed by atoms with E-state index in [2.05, 4.69) is 4.98 Å². The third-order valence-electron chi connectivity index (χ3n) is 4.42. The molecule has 5 nitrogen and oxygen atoms in total. The summed E-state index contributed by atoms with van der Waals surface area (Å²) in [4.78, 5) is 18.9. The Balaban J connectivity index is 1.56. The first-order chi connectivity index (χ1) is 11.3. The Morgan fingerprint density at radius 2 is 2.35 bits per heavy atom. The van der Waals surface area contributed by atoms with Crippen molar-refractivity contribution in [2.75, 3.05) is 13.2 Å². The second-order valence-corrected chi connectivity index (χ2v) is 6.62. The highest BCUT2D eigenvalue weighted by atomic mass is 32.1. The highest BCUT2D eigenvalue weighted by Crippen LogP contribution is 2.32. The first kappa shape index (κ1) is 14.7. The maximum atomic E-state index is 12.8. The van der Waals surface area contributed by atoms with Gasteiger partial charge < -0.3 is 14.4 Å². The van der Waals surface area contributed by atoms with Gasteiger partial charge in [0.05, 0.1) is 18.2 Å². The quantitative estimate of drug-likeness (QED) is 0.868. The SMILES string of the molecule is O=C(c1ccsc1)N1C[C@@H](Oc2ccccn2)[C@@H]2OCCC[C@@H]21. The van der Waals surface area contributed by atoms with Crippen LogP contribution in [0.2, 0.25) is 0 Å². The van der Waals surface area contributed by atoms with Crippen LogP contribution >= 0.6 is 11.3 Å². The van der Waals surface area contributed by atoms with E-state index in [0.717, 1.165) is 25.0 Å². The summed E-state index contributed by atoms with van der Waals surface area (Å²) in [6.07, 6.45) is 3.40. The predicted molar refractivity (Wildman–Crippen MR) is 86.8 cm³/mol. The van der Waals surface area contributed by atoms with Gasteiger partial charge in [-0.15, -0.1) is 0 Å². The summed E-state index contributed by atoms with van der Waals surface area (Å²) in [5, 5.41) is 3.83. The van der Waals surface area contributed by atoms with Gasteiger partial charge in [-0.1, -0.05) is 6.07 Å². The van der Waals surface area contributed by atoms with Crippen LogP contribution in [0.1, 0.15) is 23.2 Å². The van der Waals surface area contributed by atoms with E-state index in [9.17, 15) is 4.79 Å². The minimum absolute atomic E-state index is 0.0684. The van der Waals surface area contributed by atoms with E-state index in [1.54, 1.807) is 6.20 Å². The van der Waals surface area contributed by atoms with Crippen molar-refractivity contribution in [3.63, 3.8) is 0 Å². The van der Waals surface area contributed by atoms with Crippen LogP contribution in [-0.4, -0.2) is 47.2 Å². The van der Waals surface area contributed by atoms with Crippen molar-refractivity contribution in [2.45, 2.75) is 31.1 Å². The molecule has 23 heavy (non-hydrogen) atoms. The van der Waals surface area contributed by atoms with Crippen LogP contribution < -0.4 is 4.74 Å². The van der Waals surface area contributed by atoms with Gasteiger partial charge in [0.25, 0.3) is 5.91 Å². The first-order valence-corrected chi connectivity index (χ1v) is 8.79. The average molecular weight is 330 g/mol. The second-order valence-electron chi connectivity index (χ2n) is 5.84. The summed E-state index contributed by atoms with van der Waals surface area (Å²) >= 11 is 1.54. The predicted octanol–water partition coefficient (Wildman–Crippen LogP) is 2.59. The Bertz CT molecular complexity index is 662. The lowest BCUT2D eigenvalue weighted by molar-refractivity contribution is -0.0455. The van der Waals surface area contributed by atoms with Crippen LogP contribution in [0.3, 0.4) is 0 Å². The Morgan fingerprint density at radius 1 is 1.39 bits per heavy atom. The van der Waals surface area contributed by atoms with E-state index < -0.39 is 0 Å². The molecule has 0 unspecified atom stereocenters. The van der Waals surface area contributed by atoms with Gasteiger partial charge in [-0.3, -0.25) is 4.79 Å². The topological polar surface area (TPSA) is 51.7 Å². The Kier molecular flexibility index (Phi) is 4.01. The van der Waals surface area contributed by atoms with Crippen molar-refractivity contribution >= 4 is 17.2 Å². The maximum absolute atomic E-state index is 12.8. The third kappa shape index (κ3) is 2.84. The molecule has 2 saturated heterocycles. The zero-order valence-electron chi connectivity index (χ0n) is 12.6. The van der Waals surface area contributed by atoms with Crippen molar-refractivity contribution in [2.24, 2.45) is 0 Å². The second kappa shape index (κ2) is 6.29. The molecule has 0 radical (unpaired) electrons. The molecule has 0 spiro atoms. The van der Waals surface area contributed by atoms with E-state index in [-0.39, 0.29) is 24.2 Å². The number of ether oxygens (including phenoxy) is 2. The normalized spacial score (nSPS) is 26.8. The molecule has 4 heterocycles. The van der Waals surface area contributed by atoms with Gasteiger partial charge in [0.15, 0.2) is 0 Å². The van der Waals surface area contributed by atoms with Crippen molar-refractivity contribution < 1.29 is 14.3 Å². The maximum Gasteiger partial charge on any atom is 0.255 e. The van der Waals surface area contributed by atoms with E-state index in [0.29, 0.717) is 12.4 Å². The van der Waals surface area contributed by atoms with E-state index >= 15 is 0 Å².